The summed E-state index contributed by atoms with van der Waals surface area (Å²) in [6.07, 6.45) is 3.46. The van der Waals surface area contributed by atoms with Gasteiger partial charge >= 0.3 is 0 Å². The molecule has 1 aromatic heterocycles. The second-order valence-electron chi connectivity index (χ2n) is 7.30. The number of nitrogens with one attached hydrogen (secondary N) is 2. The first-order chi connectivity index (χ1) is 15.0. The van der Waals surface area contributed by atoms with Crippen molar-refractivity contribution in [1.29, 1.82) is 0 Å². The van der Waals surface area contributed by atoms with E-state index in [4.69, 9.17) is 11.6 Å². The first-order valence-electron chi connectivity index (χ1n) is 9.96. The molecule has 31 heavy (non-hydrogen) atoms. The summed E-state index contributed by atoms with van der Waals surface area (Å²) in [5.74, 6) is -0.320. The Balaban J connectivity index is 1.92. The summed E-state index contributed by atoms with van der Waals surface area (Å²) < 4.78 is 29.2. The van der Waals surface area contributed by atoms with E-state index in [1.54, 1.807) is 6.20 Å². The van der Waals surface area contributed by atoms with Gasteiger partial charge in [0.05, 0.1) is 10.9 Å². The van der Waals surface area contributed by atoms with E-state index < -0.39 is 22.1 Å². The van der Waals surface area contributed by atoms with E-state index in [1.807, 2.05) is 30.3 Å². The molecule has 1 amide bonds. The van der Waals surface area contributed by atoms with Gasteiger partial charge in [0, 0.05) is 17.8 Å². The number of carbonyl (C=O) groups excluding carboxylic acids is 1. The fraction of sp³-hybridized carbons (Fsp3) is 0.286. The predicted molar refractivity (Wildman–Crippen MR) is 116 cm³/mol. The summed E-state index contributed by atoms with van der Waals surface area (Å²) in [4.78, 5) is 13.1. The van der Waals surface area contributed by atoms with Gasteiger partial charge in [0.2, 0.25) is 15.9 Å². The monoisotopic (exact) mass is 459 g/mol. The van der Waals surface area contributed by atoms with E-state index in [2.05, 4.69) is 20.7 Å². The molecule has 162 valence electrons. The van der Waals surface area contributed by atoms with Crippen LogP contribution in [0.5, 0.6) is 0 Å². The highest BCUT2D eigenvalue weighted by Gasteiger charge is 2.43. The Kier molecular flexibility index (Phi) is 6.35. The zero-order valence-corrected chi connectivity index (χ0v) is 18.2. The zero-order valence-electron chi connectivity index (χ0n) is 16.6. The molecule has 1 fully saturated rings. The van der Waals surface area contributed by atoms with Crippen molar-refractivity contribution in [2.45, 2.75) is 36.2 Å². The predicted octanol–water partition coefficient (Wildman–Crippen LogP) is 2.91. The lowest BCUT2D eigenvalue weighted by atomic mass is 10.0. The third-order valence-corrected chi connectivity index (χ3v) is 7.43. The molecule has 0 aliphatic carbocycles. The average Bonchev–Trinajstić information content (AvgIpc) is 3.22. The lowest BCUT2D eigenvalue weighted by molar-refractivity contribution is -0.125. The number of hydrogen-bond acceptors (Lipinski definition) is 5. The topological polar surface area (TPSA) is 108 Å². The summed E-state index contributed by atoms with van der Waals surface area (Å²) in [5.41, 5.74) is 1.09. The minimum Gasteiger partial charge on any atom is -0.355 e. The van der Waals surface area contributed by atoms with Gasteiger partial charge in [-0.2, -0.15) is 4.31 Å². The molecule has 2 atom stereocenters. The maximum atomic E-state index is 14.0. The summed E-state index contributed by atoms with van der Waals surface area (Å²) in [6.45, 7) is 0.518. The number of aromatic nitrogens is 3. The molecule has 1 aliphatic rings. The lowest BCUT2D eigenvalue weighted by Crippen LogP contribution is -2.50. The number of hydrogen-bond donors (Lipinski definition) is 2. The van der Waals surface area contributed by atoms with Crippen LogP contribution in [0, 0.1) is 0 Å². The fourth-order valence-electron chi connectivity index (χ4n) is 3.81. The molecule has 3 aromatic rings. The molecule has 2 aromatic carbocycles. The summed E-state index contributed by atoms with van der Waals surface area (Å²) in [7, 11) is -4.11. The van der Waals surface area contributed by atoms with Crippen LogP contribution in [0.15, 0.2) is 65.7 Å². The van der Waals surface area contributed by atoms with Crippen molar-refractivity contribution in [2.75, 3.05) is 6.54 Å². The van der Waals surface area contributed by atoms with Crippen molar-refractivity contribution < 1.29 is 13.2 Å². The van der Waals surface area contributed by atoms with Crippen molar-refractivity contribution >= 4 is 27.5 Å². The van der Waals surface area contributed by atoms with Crippen LogP contribution in [0.3, 0.4) is 0 Å². The van der Waals surface area contributed by atoms with Crippen LogP contribution in [-0.2, 0) is 14.8 Å². The molecule has 2 unspecified atom stereocenters. The first-order valence-corrected chi connectivity index (χ1v) is 11.8. The number of amides is 1. The fourth-order valence-corrected chi connectivity index (χ4v) is 5.70. The smallest absolute Gasteiger partial charge is 0.244 e. The molecule has 10 heteroatoms. The third kappa shape index (κ3) is 4.48. The minimum absolute atomic E-state index is 0.0540. The van der Waals surface area contributed by atoms with Gasteiger partial charge in [-0.3, -0.25) is 9.89 Å². The molecule has 8 nitrogen and oxygen atoms in total. The van der Waals surface area contributed by atoms with Gasteiger partial charge in [-0.05, 0) is 49.1 Å². The molecule has 2 heterocycles. The van der Waals surface area contributed by atoms with Crippen LogP contribution < -0.4 is 5.32 Å². The normalized spacial score (nSPS) is 18.4. The van der Waals surface area contributed by atoms with Crippen LogP contribution in [0.25, 0.3) is 0 Å². The van der Waals surface area contributed by atoms with Gasteiger partial charge in [-0.1, -0.05) is 47.1 Å². The van der Waals surface area contributed by atoms with E-state index >= 15 is 0 Å². The van der Waals surface area contributed by atoms with Crippen LogP contribution in [0.1, 0.15) is 36.6 Å². The van der Waals surface area contributed by atoms with Crippen molar-refractivity contribution in [1.82, 2.24) is 25.0 Å². The zero-order chi connectivity index (χ0) is 21.8. The summed E-state index contributed by atoms with van der Waals surface area (Å²) in [6, 6.07) is 13.3. The second-order valence-corrected chi connectivity index (χ2v) is 9.58. The van der Waals surface area contributed by atoms with E-state index in [-0.39, 0.29) is 10.8 Å². The van der Waals surface area contributed by atoms with Crippen LogP contribution >= 0.6 is 11.6 Å². The molecular formula is C21H22ClN5O3S. The van der Waals surface area contributed by atoms with Crippen molar-refractivity contribution in [3.05, 3.63) is 77.1 Å². The molecule has 0 bridgehead atoms. The van der Waals surface area contributed by atoms with Gasteiger partial charge in [0.15, 0.2) is 0 Å². The molecule has 1 saturated heterocycles. The largest absolute Gasteiger partial charge is 0.355 e. The molecule has 0 radical (unpaired) electrons. The van der Waals surface area contributed by atoms with Crippen molar-refractivity contribution in [3.63, 3.8) is 0 Å². The Labute approximate surface area is 185 Å². The Morgan fingerprint density at radius 1 is 1.06 bits per heavy atom. The summed E-state index contributed by atoms with van der Waals surface area (Å²) >= 11 is 5.98. The Morgan fingerprint density at radius 3 is 2.48 bits per heavy atom. The van der Waals surface area contributed by atoms with Gasteiger partial charge in [-0.15, -0.1) is 5.10 Å². The van der Waals surface area contributed by atoms with Gasteiger partial charge in [0.1, 0.15) is 11.7 Å². The Morgan fingerprint density at radius 2 is 1.81 bits per heavy atom. The minimum atomic E-state index is -4.11. The third-order valence-electron chi connectivity index (χ3n) is 5.29. The first kappa shape index (κ1) is 21.5. The molecular weight excluding hydrogens is 438 g/mol. The molecule has 0 saturated carbocycles. The highest BCUT2D eigenvalue weighted by Crippen LogP contribution is 2.36. The highest BCUT2D eigenvalue weighted by molar-refractivity contribution is 7.89. The Bertz CT molecular complexity index is 1120. The van der Waals surface area contributed by atoms with E-state index in [0.29, 0.717) is 29.2 Å². The SMILES string of the molecule is O=C1NCCCCC1N(C(c1ccccc1)c1c[nH]nn1)S(=O)(=O)c1ccc(Cl)cc1. The maximum Gasteiger partial charge on any atom is 0.244 e. The van der Waals surface area contributed by atoms with Gasteiger partial charge in [0.25, 0.3) is 0 Å². The van der Waals surface area contributed by atoms with E-state index in [9.17, 15) is 13.2 Å². The number of sulfonamides is 1. The van der Waals surface area contributed by atoms with Crippen molar-refractivity contribution in [3.8, 4) is 0 Å². The average molecular weight is 460 g/mol. The summed E-state index contributed by atoms with van der Waals surface area (Å²) in [5, 5.41) is 13.8. The maximum absolute atomic E-state index is 14.0. The van der Waals surface area contributed by atoms with Crippen molar-refractivity contribution in [2.24, 2.45) is 0 Å². The molecule has 4 rings (SSSR count). The number of carbonyl (C=O) groups is 1. The quantitative estimate of drug-likeness (QED) is 0.589. The highest BCUT2D eigenvalue weighted by atomic mass is 35.5. The van der Waals surface area contributed by atoms with Gasteiger partial charge in [-0.25, -0.2) is 8.42 Å². The van der Waals surface area contributed by atoms with Crippen LogP contribution in [-0.4, -0.2) is 46.6 Å². The standard InChI is InChI=1S/C21H22ClN5O3S/c22-16-9-11-17(12-10-16)31(29,30)27(19-8-4-5-13-23-21(19)28)20(18-14-24-26-25-18)15-6-2-1-3-7-15/h1-3,6-7,9-12,14,19-20H,4-5,8,13H2,(H,23,28)(H,24,25,26). The molecule has 2 N–H and O–H groups in total. The number of halogens is 1. The van der Waals surface area contributed by atoms with E-state index in [0.717, 1.165) is 12.8 Å². The molecule has 1 aliphatic heterocycles. The van der Waals surface area contributed by atoms with Crippen LogP contribution in [0.2, 0.25) is 5.02 Å². The number of aromatic amines is 1. The molecule has 0 spiro atoms. The van der Waals surface area contributed by atoms with Gasteiger partial charge < -0.3 is 5.32 Å². The number of benzene rings is 2. The number of rotatable bonds is 6. The second kappa shape index (κ2) is 9.17. The number of H-pyrrole nitrogens is 1. The van der Waals surface area contributed by atoms with E-state index in [1.165, 1.54) is 28.6 Å². The number of nitrogens with zero attached hydrogens (tertiary/aromatic N) is 3. The Hall–Kier alpha value is -2.75. The lowest BCUT2D eigenvalue weighted by Gasteiger charge is -2.35. The van der Waals surface area contributed by atoms with Crippen LogP contribution in [0.4, 0.5) is 0 Å².